The second kappa shape index (κ2) is 5.54. The number of nitrogens with zero attached hydrogens (tertiary/aromatic N) is 2. The number of ether oxygens (including phenoxy) is 2. The number of rotatable bonds is 3. The highest BCUT2D eigenvalue weighted by Gasteiger charge is 2.14. The molecule has 1 atom stereocenters. The van der Waals surface area contributed by atoms with Crippen LogP contribution in [0.1, 0.15) is 23.9 Å². The fourth-order valence-electron chi connectivity index (χ4n) is 2.32. The van der Waals surface area contributed by atoms with E-state index in [0.717, 1.165) is 29.3 Å². The van der Waals surface area contributed by atoms with Crippen molar-refractivity contribution in [2.75, 3.05) is 13.2 Å². The molecule has 0 aliphatic carbocycles. The first-order chi connectivity index (χ1) is 9.74. The van der Waals surface area contributed by atoms with Crippen LogP contribution >= 0.6 is 0 Å². The van der Waals surface area contributed by atoms with Gasteiger partial charge in [-0.3, -0.25) is 0 Å². The van der Waals surface area contributed by atoms with Gasteiger partial charge in [0.2, 0.25) is 0 Å². The van der Waals surface area contributed by atoms with E-state index in [1.165, 1.54) is 0 Å². The van der Waals surface area contributed by atoms with Gasteiger partial charge in [0, 0.05) is 31.4 Å². The van der Waals surface area contributed by atoms with Gasteiger partial charge in [0.15, 0.2) is 11.5 Å². The Labute approximate surface area is 118 Å². The first-order valence-electron chi connectivity index (χ1n) is 6.87. The molecule has 5 heteroatoms. The van der Waals surface area contributed by atoms with Crippen LogP contribution in [0.2, 0.25) is 0 Å². The number of hydrogen-bond acceptors (Lipinski definition) is 4. The van der Waals surface area contributed by atoms with Gasteiger partial charge in [0.25, 0.3) is 0 Å². The van der Waals surface area contributed by atoms with E-state index in [9.17, 15) is 0 Å². The van der Waals surface area contributed by atoms with Gasteiger partial charge in [-0.25, -0.2) is 4.98 Å². The van der Waals surface area contributed by atoms with E-state index < -0.39 is 0 Å². The lowest BCUT2D eigenvalue weighted by Crippen LogP contribution is -2.18. The lowest BCUT2D eigenvalue weighted by atomic mass is 10.1. The fourth-order valence-corrected chi connectivity index (χ4v) is 2.32. The molecular formula is C15H19N3O2. The largest absolute Gasteiger partial charge is 0.490 e. The van der Waals surface area contributed by atoms with Gasteiger partial charge in [-0.2, -0.15) is 0 Å². The molecule has 0 bridgehead atoms. The minimum atomic E-state index is -0.0972. The summed E-state index contributed by atoms with van der Waals surface area (Å²) in [5.74, 6) is 2.56. The van der Waals surface area contributed by atoms with Gasteiger partial charge in [-0.05, 0) is 24.6 Å². The molecule has 0 saturated carbocycles. The number of fused-ring (bicyclic) bond motifs is 1. The van der Waals surface area contributed by atoms with Gasteiger partial charge < -0.3 is 19.8 Å². The van der Waals surface area contributed by atoms with Gasteiger partial charge in [-0.15, -0.1) is 0 Å². The minimum absolute atomic E-state index is 0.0972. The number of imidazole rings is 1. The van der Waals surface area contributed by atoms with Crippen molar-refractivity contribution in [1.82, 2.24) is 9.55 Å². The van der Waals surface area contributed by atoms with Crippen molar-refractivity contribution in [3.8, 4) is 11.5 Å². The molecule has 0 radical (unpaired) electrons. The number of benzene rings is 1. The molecule has 1 aromatic heterocycles. The van der Waals surface area contributed by atoms with Crippen LogP contribution in [0.15, 0.2) is 30.6 Å². The zero-order chi connectivity index (χ0) is 13.9. The molecule has 0 amide bonds. The van der Waals surface area contributed by atoms with Gasteiger partial charge in [0.05, 0.1) is 13.2 Å². The van der Waals surface area contributed by atoms with Crippen molar-refractivity contribution < 1.29 is 9.47 Å². The maximum absolute atomic E-state index is 6.28. The quantitative estimate of drug-likeness (QED) is 0.929. The highest BCUT2D eigenvalue weighted by Crippen LogP contribution is 2.32. The van der Waals surface area contributed by atoms with Crippen molar-refractivity contribution >= 4 is 0 Å². The van der Waals surface area contributed by atoms with E-state index in [1.54, 1.807) is 6.20 Å². The van der Waals surface area contributed by atoms with E-state index in [2.05, 4.69) is 4.98 Å². The van der Waals surface area contributed by atoms with Crippen molar-refractivity contribution in [2.24, 2.45) is 5.73 Å². The van der Waals surface area contributed by atoms with E-state index in [1.807, 2.05) is 35.9 Å². The molecule has 20 heavy (non-hydrogen) atoms. The SMILES string of the molecule is Cc1nccn1CC(N)c1ccc2c(c1)OCCCO2. The molecular weight excluding hydrogens is 254 g/mol. The molecule has 5 nitrogen and oxygen atoms in total. The second-order valence-corrected chi connectivity index (χ2v) is 4.99. The zero-order valence-electron chi connectivity index (χ0n) is 11.6. The summed E-state index contributed by atoms with van der Waals surface area (Å²) < 4.78 is 13.4. The second-order valence-electron chi connectivity index (χ2n) is 4.99. The van der Waals surface area contributed by atoms with E-state index in [0.29, 0.717) is 19.8 Å². The van der Waals surface area contributed by atoms with E-state index in [4.69, 9.17) is 15.2 Å². The van der Waals surface area contributed by atoms with Crippen LogP contribution in [0.5, 0.6) is 11.5 Å². The fraction of sp³-hybridized carbons (Fsp3) is 0.400. The summed E-state index contributed by atoms with van der Waals surface area (Å²) in [7, 11) is 0. The number of hydrogen-bond donors (Lipinski definition) is 1. The topological polar surface area (TPSA) is 62.3 Å². The summed E-state index contributed by atoms with van der Waals surface area (Å²) in [5.41, 5.74) is 7.33. The zero-order valence-corrected chi connectivity index (χ0v) is 11.6. The molecule has 1 aliphatic heterocycles. The van der Waals surface area contributed by atoms with Crippen molar-refractivity contribution in [3.63, 3.8) is 0 Å². The Kier molecular flexibility index (Phi) is 3.60. The molecule has 0 spiro atoms. The lowest BCUT2D eigenvalue weighted by molar-refractivity contribution is 0.297. The Morgan fingerprint density at radius 2 is 2.10 bits per heavy atom. The molecule has 1 unspecified atom stereocenters. The summed E-state index contributed by atoms with van der Waals surface area (Å²) in [5, 5.41) is 0. The monoisotopic (exact) mass is 273 g/mol. The Morgan fingerprint density at radius 3 is 2.85 bits per heavy atom. The molecule has 0 fully saturated rings. The van der Waals surface area contributed by atoms with Crippen LogP contribution in [0.4, 0.5) is 0 Å². The lowest BCUT2D eigenvalue weighted by Gasteiger charge is -2.16. The van der Waals surface area contributed by atoms with Crippen LogP contribution < -0.4 is 15.2 Å². The number of nitrogens with two attached hydrogens (primary N) is 1. The predicted molar refractivity (Wildman–Crippen MR) is 75.9 cm³/mol. The first kappa shape index (κ1) is 13.0. The van der Waals surface area contributed by atoms with Crippen molar-refractivity contribution in [2.45, 2.75) is 25.9 Å². The van der Waals surface area contributed by atoms with E-state index >= 15 is 0 Å². The van der Waals surface area contributed by atoms with Crippen molar-refractivity contribution in [1.29, 1.82) is 0 Å². The van der Waals surface area contributed by atoms with Crippen LogP contribution in [0.3, 0.4) is 0 Å². The number of aromatic nitrogens is 2. The Bertz CT molecular complexity index is 595. The maximum atomic E-state index is 6.28. The van der Waals surface area contributed by atoms with Crippen LogP contribution in [-0.4, -0.2) is 22.8 Å². The van der Waals surface area contributed by atoms with Crippen LogP contribution in [-0.2, 0) is 6.54 Å². The Hall–Kier alpha value is -2.01. The minimum Gasteiger partial charge on any atom is -0.490 e. The third-order valence-electron chi connectivity index (χ3n) is 3.52. The van der Waals surface area contributed by atoms with Gasteiger partial charge in [0.1, 0.15) is 5.82 Å². The molecule has 0 saturated heterocycles. The molecule has 2 N–H and O–H groups in total. The van der Waals surface area contributed by atoms with Gasteiger partial charge >= 0.3 is 0 Å². The summed E-state index contributed by atoms with van der Waals surface area (Å²) >= 11 is 0. The normalized spacial score (nSPS) is 15.7. The number of aryl methyl sites for hydroxylation is 1. The average Bonchev–Trinajstić information content (AvgIpc) is 2.73. The molecule has 1 aromatic carbocycles. The molecule has 106 valence electrons. The predicted octanol–water partition coefficient (Wildman–Crippen LogP) is 2.05. The van der Waals surface area contributed by atoms with Crippen molar-refractivity contribution in [3.05, 3.63) is 42.0 Å². The van der Waals surface area contributed by atoms with Crippen LogP contribution in [0, 0.1) is 6.92 Å². The summed E-state index contributed by atoms with van der Waals surface area (Å²) in [6.45, 7) is 4.06. The summed E-state index contributed by atoms with van der Waals surface area (Å²) in [6, 6.07) is 5.83. The highest BCUT2D eigenvalue weighted by atomic mass is 16.5. The molecule has 2 heterocycles. The smallest absolute Gasteiger partial charge is 0.161 e. The molecule has 1 aliphatic rings. The highest BCUT2D eigenvalue weighted by molar-refractivity contribution is 5.44. The molecule has 2 aromatic rings. The third-order valence-corrected chi connectivity index (χ3v) is 3.52. The van der Waals surface area contributed by atoms with E-state index in [-0.39, 0.29) is 6.04 Å². The standard InChI is InChI=1S/C15H19N3O2/c1-11-17-5-6-18(11)10-13(16)12-3-4-14-15(9-12)20-8-2-7-19-14/h3-6,9,13H,2,7-8,10,16H2,1H3. The Morgan fingerprint density at radius 1 is 1.30 bits per heavy atom. The summed E-state index contributed by atoms with van der Waals surface area (Å²) in [4.78, 5) is 4.21. The maximum Gasteiger partial charge on any atom is 0.161 e. The average molecular weight is 273 g/mol. The first-order valence-corrected chi connectivity index (χ1v) is 6.87. The Balaban J connectivity index is 1.80. The third kappa shape index (κ3) is 2.63. The van der Waals surface area contributed by atoms with Crippen LogP contribution in [0.25, 0.3) is 0 Å². The molecule has 3 rings (SSSR count). The summed E-state index contributed by atoms with van der Waals surface area (Å²) in [6.07, 6.45) is 4.64. The van der Waals surface area contributed by atoms with Gasteiger partial charge in [-0.1, -0.05) is 6.07 Å².